The van der Waals surface area contributed by atoms with E-state index in [-0.39, 0.29) is 18.4 Å². The van der Waals surface area contributed by atoms with Crippen molar-refractivity contribution in [3.63, 3.8) is 0 Å². The first-order chi connectivity index (χ1) is 16.3. The number of carbonyl (C=O) groups excluding carboxylic acids is 2. The van der Waals surface area contributed by atoms with Gasteiger partial charge in [-0.05, 0) is 66.6 Å². The number of nitrogens with one attached hydrogen (secondary N) is 1. The molecule has 0 bridgehead atoms. The van der Waals surface area contributed by atoms with Crippen molar-refractivity contribution in [3.05, 3.63) is 92.8 Å². The van der Waals surface area contributed by atoms with Gasteiger partial charge in [-0.3, -0.25) is 14.5 Å². The van der Waals surface area contributed by atoms with Crippen molar-refractivity contribution >= 4 is 80.8 Å². The number of anilines is 2. The Balaban J connectivity index is 1.42. The zero-order valence-electron chi connectivity index (χ0n) is 17.9. The largest absolute Gasteiger partial charge is 0.484 e. The van der Waals surface area contributed by atoms with E-state index in [2.05, 4.69) is 5.32 Å². The molecular weight excluding hydrogens is 511 g/mol. The number of halogens is 2. The van der Waals surface area contributed by atoms with Crippen molar-refractivity contribution in [1.82, 2.24) is 0 Å². The lowest BCUT2D eigenvalue weighted by Gasteiger charge is -2.14. The Hall–Kier alpha value is -2.84. The van der Waals surface area contributed by atoms with E-state index in [9.17, 15) is 9.59 Å². The molecule has 4 rings (SSSR count). The van der Waals surface area contributed by atoms with E-state index in [0.29, 0.717) is 30.7 Å². The summed E-state index contributed by atoms with van der Waals surface area (Å²) in [6.07, 6.45) is 1.76. The Kier molecular flexibility index (Phi) is 7.58. The van der Waals surface area contributed by atoms with Crippen LogP contribution in [-0.2, 0) is 9.59 Å². The van der Waals surface area contributed by atoms with Crippen molar-refractivity contribution in [3.8, 4) is 5.75 Å². The summed E-state index contributed by atoms with van der Waals surface area (Å²) in [7, 11) is 0. The van der Waals surface area contributed by atoms with Gasteiger partial charge in [-0.25, -0.2) is 0 Å². The zero-order chi connectivity index (χ0) is 24.2. The third-order valence-electron chi connectivity index (χ3n) is 4.78. The van der Waals surface area contributed by atoms with Crippen LogP contribution >= 0.6 is 47.2 Å². The van der Waals surface area contributed by atoms with Gasteiger partial charge >= 0.3 is 0 Å². The maximum Gasteiger partial charge on any atom is 0.270 e. The highest BCUT2D eigenvalue weighted by molar-refractivity contribution is 8.27. The lowest BCUT2D eigenvalue weighted by molar-refractivity contribution is -0.118. The fraction of sp³-hybridized carbons (Fsp3) is 0.0800. The van der Waals surface area contributed by atoms with E-state index in [1.165, 1.54) is 16.7 Å². The second-order valence-corrected chi connectivity index (χ2v) is 9.91. The van der Waals surface area contributed by atoms with Crippen LogP contribution in [0.4, 0.5) is 11.4 Å². The van der Waals surface area contributed by atoms with Crippen LogP contribution in [0.5, 0.6) is 5.75 Å². The van der Waals surface area contributed by atoms with Gasteiger partial charge in [0.05, 0.1) is 21.3 Å². The quantitative estimate of drug-likeness (QED) is 0.284. The third-order valence-corrected chi connectivity index (χ3v) is 6.63. The number of hydrogen-bond acceptors (Lipinski definition) is 5. The molecule has 0 saturated carbocycles. The Labute approximate surface area is 216 Å². The van der Waals surface area contributed by atoms with Gasteiger partial charge in [0.1, 0.15) is 5.75 Å². The van der Waals surface area contributed by atoms with E-state index in [1.807, 2.05) is 37.3 Å². The Morgan fingerprint density at radius 2 is 1.91 bits per heavy atom. The summed E-state index contributed by atoms with van der Waals surface area (Å²) in [6.45, 7) is 1.75. The van der Waals surface area contributed by atoms with Crippen LogP contribution in [0.3, 0.4) is 0 Å². The first kappa shape index (κ1) is 24.3. The molecule has 1 heterocycles. The molecule has 1 aliphatic heterocycles. The Bertz CT molecular complexity index is 1330. The molecule has 1 N–H and O–H groups in total. The van der Waals surface area contributed by atoms with Gasteiger partial charge in [-0.2, -0.15) is 0 Å². The molecule has 2 amide bonds. The van der Waals surface area contributed by atoms with Crippen molar-refractivity contribution in [2.24, 2.45) is 0 Å². The summed E-state index contributed by atoms with van der Waals surface area (Å²) in [5.74, 6) is -0.0555. The smallest absolute Gasteiger partial charge is 0.270 e. The molecule has 3 aromatic rings. The lowest BCUT2D eigenvalue weighted by Crippen LogP contribution is -2.27. The summed E-state index contributed by atoms with van der Waals surface area (Å²) >= 11 is 18.6. The summed E-state index contributed by atoms with van der Waals surface area (Å²) in [5.41, 5.74) is 2.99. The normalized spacial score (nSPS) is 14.6. The molecule has 0 unspecified atom stereocenters. The SMILES string of the molecule is Cc1cccc(N2C(=O)/C(=C/c3cccc(OCC(=O)Nc4ccc(Cl)cc4Cl)c3)SC2=S)c1. The van der Waals surface area contributed by atoms with Gasteiger partial charge in [-0.1, -0.05) is 71.4 Å². The highest BCUT2D eigenvalue weighted by Crippen LogP contribution is 2.36. The molecule has 0 atom stereocenters. The molecule has 0 radical (unpaired) electrons. The molecule has 0 aromatic heterocycles. The minimum Gasteiger partial charge on any atom is -0.484 e. The molecular formula is C25H18Cl2N2O3S2. The molecule has 172 valence electrons. The standard InChI is InChI=1S/C25H18Cl2N2O3S2/c1-15-4-2-6-18(10-15)29-24(31)22(34-25(29)33)12-16-5-3-7-19(11-16)32-14-23(30)28-21-9-8-17(26)13-20(21)27/h2-13H,14H2,1H3,(H,28,30)/b22-12-. The molecule has 0 aliphatic carbocycles. The highest BCUT2D eigenvalue weighted by Gasteiger charge is 2.33. The fourth-order valence-corrected chi connectivity index (χ4v) is 4.98. The van der Waals surface area contributed by atoms with E-state index in [0.717, 1.165) is 16.8 Å². The molecule has 9 heteroatoms. The zero-order valence-corrected chi connectivity index (χ0v) is 21.0. The summed E-state index contributed by atoms with van der Waals surface area (Å²) in [6, 6.07) is 19.6. The second kappa shape index (κ2) is 10.6. The molecule has 0 spiro atoms. The van der Waals surface area contributed by atoms with Gasteiger partial charge in [0.15, 0.2) is 10.9 Å². The number of ether oxygens (including phenoxy) is 1. The fourth-order valence-electron chi connectivity index (χ4n) is 3.23. The number of rotatable bonds is 6. The van der Waals surface area contributed by atoms with Gasteiger partial charge in [0, 0.05) is 5.02 Å². The van der Waals surface area contributed by atoms with Crippen molar-refractivity contribution in [1.29, 1.82) is 0 Å². The molecule has 5 nitrogen and oxygen atoms in total. The Morgan fingerprint density at radius 1 is 1.12 bits per heavy atom. The predicted molar refractivity (Wildman–Crippen MR) is 144 cm³/mol. The minimum absolute atomic E-state index is 0.175. The number of thiocarbonyl (C=S) groups is 1. The first-order valence-electron chi connectivity index (χ1n) is 10.1. The van der Waals surface area contributed by atoms with Crippen LogP contribution < -0.4 is 15.0 Å². The lowest BCUT2D eigenvalue weighted by atomic mass is 10.2. The summed E-state index contributed by atoms with van der Waals surface area (Å²) < 4.78 is 6.10. The van der Waals surface area contributed by atoms with Gasteiger partial charge in [-0.15, -0.1) is 0 Å². The number of nitrogens with zero attached hydrogens (tertiary/aromatic N) is 1. The van der Waals surface area contributed by atoms with Crippen molar-refractivity contribution in [2.75, 3.05) is 16.8 Å². The topological polar surface area (TPSA) is 58.6 Å². The van der Waals surface area contributed by atoms with E-state index < -0.39 is 0 Å². The van der Waals surface area contributed by atoms with Crippen LogP contribution in [0.15, 0.2) is 71.6 Å². The van der Waals surface area contributed by atoms with Gasteiger partial charge < -0.3 is 10.1 Å². The van der Waals surface area contributed by atoms with Crippen molar-refractivity contribution < 1.29 is 14.3 Å². The van der Waals surface area contributed by atoms with E-state index >= 15 is 0 Å². The number of carbonyl (C=O) groups is 2. The van der Waals surface area contributed by atoms with E-state index in [1.54, 1.807) is 42.5 Å². The summed E-state index contributed by atoms with van der Waals surface area (Å²) in [4.78, 5) is 27.3. The molecule has 1 fully saturated rings. The maximum absolute atomic E-state index is 13.0. The number of thioether (sulfide) groups is 1. The number of amides is 2. The highest BCUT2D eigenvalue weighted by atomic mass is 35.5. The average molecular weight is 529 g/mol. The molecule has 1 saturated heterocycles. The molecule has 1 aliphatic rings. The monoisotopic (exact) mass is 528 g/mol. The van der Waals surface area contributed by atoms with Crippen LogP contribution in [-0.4, -0.2) is 22.7 Å². The Morgan fingerprint density at radius 3 is 2.68 bits per heavy atom. The third kappa shape index (κ3) is 5.80. The van der Waals surface area contributed by atoms with E-state index in [4.69, 9.17) is 40.2 Å². The first-order valence-corrected chi connectivity index (χ1v) is 12.1. The molecule has 3 aromatic carbocycles. The van der Waals surface area contributed by atoms with Gasteiger partial charge in [0.2, 0.25) is 0 Å². The minimum atomic E-state index is -0.367. The van der Waals surface area contributed by atoms with Gasteiger partial charge in [0.25, 0.3) is 11.8 Å². The van der Waals surface area contributed by atoms with Crippen LogP contribution in [0.25, 0.3) is 6.08 Å². The average Bonchev–Trinajstić information content (AvgIpc) is 3.07. The van der Waals surface area contributed by atoms with Crippen LogP contribution in [0.1, 0.15) is 11.1 Å². The second-order valence-electron chi connectivity index (χ2n) is 7.39. The van der Waals surface area contributed by atoms with Crippen molar-refractivity contribution in [2.45, 2.75) is 6.92 Å². The predicted octanol–water partition coefficient (Wildman–Crippen LogP) is 6.73. The maximum atomic E-state index is 13.0. The number of benzene rings is 3. The molecule has 34 heavy (non-hydrogen) atoms. The summed E-state index contributed by atoms with van der Waals surface area (Å²) in [5, 5.41) is 3.50. The van der Waals surface area contributed by atoms with Crippen LogP contribution in [0.2, 0.25) is 10.0 Å². The number of hydrogen-bond donors (Lipinski definition) is 1. The van der Waals surface area contributed by atoms with Crippen LogP contribution in [0, 0.1) is 6.92 Å². The number of aryl methyl sites for hydroxylation is 1.